The van der Waals surface area contributed by atoms with E-state index in [4.69, 9.17) is 0 Å². The molecular formula is C17H22N2O2. The summed E-state index contributed by atoms with van der Waals surface area (Å²) in [6.45, 7) is 2.03. The lowest BCUT2D eigenvalue weighted by Gasteiger charge is -2.20. The van der Waals surface area contributed by atoms with Crippen LogP contribution in [-0.2, 0) is 16.1 Å². The maximum absolute atomic E-state index is 12.3. The summed E-state index contributed by atoms with van der Waals surface area (Å²) in [6, 6.07) is 7.64. The minimum atomic E-state index is 0.00791. The number of hydrogen-bond acceptors (Lipinski definition) is 2. The van der Waals surface area contributed by atoms with Crippen molar-refractivity contribution in [2.75, 3.05) is 12.4 Å². The summed E-state index contributed by atoms with van der Waals surface area (Å²) in [7, 11) is 1.76. The molecule has 21 heavy (non-hydrogen) atoms. The second kappa shape index (κ2) is 7.07. The van der Waals surface area contributed by atoms with Crippen LogP contribution in [0.1, 0.15) is 31.7 Å². The van der Waals surface area contributed by atoms with E-state index in [0.717, 1.165) is 30.5 Å². The average molecular weight is 286 g/mol. The van der Waals surface area contributed by atoms with E-state index >= 15 is 0 Å². The van der Waals surface area contributed by atoms with Crippen molar-refractivity contribution in [1.82, 2.24) is 4.90 Å². The summed E-state index contributed by atoms with van der Waals surface area (Å²) in [5.74, 6) is 0.124. The molecule has 0 aliphatic heterocycles. The Morgan fingerprint density at radius 1 is 1.29 bits per heavy atom. The lowest BCUT2D eigenvalue weighted by Crippen LogP contribution is -2.26. The van der Waals surface area contributed by atoms with E-state index in [2.05, 4.69) is 17.5 Å². The van der Waals surface area contributed by atoms with E-state index in [-0.39, 0.29) is 17.7 Å². The van der Waals surface area contributed by atoms with Gasteiger partial charge in [0.25, 0.3) is 0 Å². The first-order valence-electron chi connectivity index (χ1n) is 7.33. The lowest BCUT2D eigenvalue weighted by molar-refractivity contribution is -0.128. The van der Waals surface area contributed by atoms with Crippen LogP contribution in [0.4, 0.5) is 5.69 Å². The van der Waals surface area contributed by atoms with E-state index in [0.29, 0.717) is 6.54 Å². The van der Waals surface area contributed by atoms with E-state index < -0.39 is 0 Å². The number of allylic oxidation sites excluding steroid dienone is 2. The summed E-state index contributed by atoms with van der Waals surface area (Å²) < 4.78 is 0. The SMILES string of the molecule is CC(=O)N(C)Cc1ccccc1NC(=O)[C@@H]1CC=CCC1. The molecule has 2 amide bonds. The first-order chi connectivity index (χ1) is 10.1. The standard InChI is InChI=1S/C17H22N2O2/c1-13(20)19(2)12-15-10-6-7-11-16(15)18-17(21)14-8-4-3-5-9-14/h3-4,6-7,10-11,14H,5,8-9,12H2,1-2H3,(H,18,21)/t14-/m1/s1. The van der Waals surface area contributed by atoms with Crippen molar-refractivity contribution in [3.8, 4) is 0 Å². The van der Waals surface area contributed by atoms with Crippen LogP contribution in [0.25, 0.3) is 0 Å². The van der Waals surface area contributed by atoms with Crippen molar-refractivity contribution >= 4 is 17.5 Å². The van der Waals surface area contributed by atoms with E-state index in [1.54, 1.807) is 11.9 Å². The number of nitrogens with zero attached hydrogens (tertiary/aromatic N) is 1. The molecule has 0 aromatic heterocycles. The highest BCUT2D eigenvalue weighted by molar-refractivity contribution is 5.93. The van der Waals surface area contributed by atoms with Crippen molar-refractivity contribution in [2.45, 2.75) is 32.7 Å². The summed E-state index contributed by atoms with van der Waals surface area (Å²) in [4.78, 5) is 25.3. The first kappa shape index (κ1) is 15.3. The van der Waals surface area contributed by atoms with Crippen LogP contribution in [0, 0.1) is 5.92 Å². The Labute approximate surface area is 125 Å². The highest BCUT2D eigenvalue weighted by atomic mass is 16.2. The number of anilines is 1. The fourth-order valence-electron chi connectivity index (χ4n) is 2.41. The van der Waals surface area contributed by atoms with Gasteiger partial charge in [-0.3, -0.25) is 9.59 Å². The highest BCUT2D eigenvalue weighted by Crippen LogP contribution is 2.22. The van der Waals surface area contributed by atoms with Crippen molar-refractivity contribution in [3.63, 3.8) is 0 Å². The number of amides is 2. The number of hydrogen-bond donors (Lipinski definition) is 1. The van der Waals surface area contributed by atoms with Gasteiger partial charge >= 0.3 is 0 Å². The van der Waals surface area contributed by atoms with Crippen LogP contribution >= 0.6 is 0 Å². The monoisotopic (exact) mass is 286 g/mol. The molecule has 0 radical (unpaired) electrons. The zero-order valence-corrected chi connectivity index (χ0v) is 12.6. The van der Waals surface area contributed by atoms with Crippen molar-refractivity contribution in [2.24, 2.45) is 5.92 Å². The fraction of sp³-hybridized carbons (Fsp3) is 0.412. The Hall–Kier alpha value is -2.10. The zero-order valence-electron chi connectivity index (χ0n) is 12.6. The molecule has 112 valence electrons. The quantitative estimate of drug-likeness (QED) is 0.865. The van der Waals surface area contributed by atoms with Crippen molar-refractivity contribution in [3.05, 3.63) is 42.0 Å². The average Bonchev–Trinajstić information content (AvgIpc) is 2.50. The normalized spacial score (nSPS) is 17.3. The molecule has 1 aromatic carbocycles. The van der Waals surface area contributed by atoms with Gasteiger partial charge in [0.15, 0.2) is 0 Å². The molecule has 0 unspecified atom stereocenters. The molecular weight excluding hydrogens is 264 g/mol. The van der Waals surface area contributed by atoms with E-state index in [1.165, 1.54) is 6.92 Å². The number of nitrogens with one attached hydrogen (secondary N) is 1. The molecule has 4 heteroatoms. The molecule has 1 aliphatic carbocycles. The number of rotatable bonds is 4. The maximum atomic E-state index is 12.3. The third-order valence-corrected chi connectivity index (χ3v) is 3.86. The van der Waals surface area contributed by atoms with Crippen LogP contribution in [0.3, 0.4) is 0 Å². The van der Waals surface area contributed by atoms with Gasteiger partial charge in [0.1, 0.15) is 0 Å². The number of benzene rings is 1. The second-order valence-corrected chi connectivity index (χ2v) is 5.50. The third kappa shape index (κ3) is 4.18. The first-order valence-corrected chi connectivity index (χ1v) is 7.33. The molecule has 4 nitrogen and oxygen atoms in total. The van der Waals surface area contributed by atoms with Crippen LogP contribution < -0.4 is 5.32 Å². The topological polar surface area (TPSA) is 49.4 Å². The van der Waals surface area contributed by atoms with Gasteiger partial charge < -0.3 is 10.2 Å². The summed E-state index contributed by atoms with van der Waals surface area (Å²) in [5.41, 5.74) is 1.75. The molecule has 0 saturated carbocycles. The lowest BCUT2D eigenvalue weighted by atomic mass is 9.93. The van der Waals surface area contributed by atoms with Crippen LogP contribution in [0.5, 0.6) is 0 Å². The molecule has 0 heterocycles. The minimum absolute atomic E-state index is 0.00791. The number of carbonyl (C=O) groups excluding carboxylic acids is 2. The van der Waals surface area contributed by atoms with E-state index in [9.17, 15) is 9.59 Å². The molecule has 0 bridgehead atoms. The molecule has 1 N–H and O–H groups in total. The van der Waals surface area contributed by atoms with Gasteiger partial charge in [-0.05, 0) is 30.9 Å². The highest BCUT2D eigenvalue weighted by Gasteiger charge is 2.19. The van der Waals surface area contributed by atoms with E-state index in [1.807, 2.05) is 24.3 Å². The second-order valence-electron chi connectivity index (χ2n) is 5.50. The van der Waals surface area contributed by atoms with Crippen LogP contribution in [-0.4, -0.2) is 23.8 Å². The Balaban J connectivity index is 2.07. The van der Waals surface area contributed by atoms with Crippen LogP contribution in [0.2, 0.25) is 0 Å². The molecule has 1 aromatic rings. The van der Waals surface area contributed by atoms with Crippen molar-refractivity contribution < 1.29 is 9.59 Å². The summed E-state index contributed by atoms with van der Waals surface area (Å²) >= 11 is 0. The molecule has 0 saturated heterocycles. The van der Waals surface area contributed by atoms with Gasteiger partial charge in [0.05, 0.1) is 0 Å². The Morgan fingerprint density at radius 3 is 2.71 bits per heavy atom. The predicted molar refractivity (Wildman–Crippen MR) is 83.7 cm³/mol. The Bertz CT molecular complexity index is 551. The number of carbonyl (C=O) groups is 2. The van der Waals surface area contributed by atoms with Crippen molar-refractivity contribution in [1.29, 1.82) is 0 Å². The smallest absolute Gasteiger partial charge is 0.227 e. The maximum Gasteiger partial charge on any atom is 0.227 e. The molecule has 1 atom stereocenters. The van der Waals surface area contributed by atoms with Gasteiger partial charge in [-0.15, -0.1) is 0 Å². The van der Waals surface area contributed by atoms with Gasteiger partial charge in [-0.2, -0.15) is 0 Å². The Kier molecular flexibility index (Phi) is 5.14. The largest absolute Gasteiger partial charge is 0.342 e. The third-order valence-electron chi connectivity index (χ3n) is 3.86. The van der Waals surface area contributed by atoms with Gasteiger partial charge in [0, 0.05) is 32.1 Å². The van der Waals surface area contributed by atoms with Gasteiger partial charge in [0.2, 0.25) is 11.8 Å². The molecule has 1 aliphatic rings. The van der Waals surface area contributed by atoms with Gasteiger partial charge in [-0.25, -0.2) is 0 Å². The zero-order chi connectivity index (χ0) is 15.2. The molecule has 0 spiro atoms. The predicted octanol–water partition coefficient (Wildman–Crippen LogP) is 2.96. The molecule has 0 fully saturated rings. The van der Waals surface area contributed by atoms with Crippen LogP contribution in [0.15, 0.2) is 36.4 Å². The molecule has 2 rings (SSSR count). The number of para-hydroxylation sites is 1. The summed E-state index contributed by atoms with van der Waals surface area (Å²) in [5, 5.41) is 3.01. The minimum Gasteiger partial charge on any atom is -0.342 e. The fourth-order valence-corrected chi connectivity index (χ4v) is 2.41. The van der Waals surface area contributed by atoms with Gasteiger partial charge in [-0.1, -0.05) is 30.4 Å². The Morgan fingerprint density at radius 2 is 2.05 bits per heavy atom. The summed E-state index contributed by atoms with van der Waals surface area (Å²) in [6.07, 6.45) is 6.87.